The number of alkyl halides is 18. The second kappa shape index (κ2) is 31.8. The van der Waals surface area contributed by atoms with Crippen molar-refractivity contribution < 1.29 is 123 Å². The summed E-state index contributed by atoms with van der Waals surface area (Å²) in [5.74, 6) is 3.21. The van der Waals surface area contributed by atoms with Crippen molar-refractivity contribution in [1.82, 2.24) is 0 Å². The highest BCUT2D eigenvalue weighted by Gasteiger charge is 2.71. The monoisotopic (exact) mass is 1240 g/mol. The Morgan fingerprint density at radius 3 is 0.819 bits per heavy atom. The van der Waals surface area contributed by atoms with Crippen LogP contribution in [-0.2, 0) is 28.6 Å². The summed E-state index contributed by atoms with van der Waals surface area (Å²) >= 11 is 0. The number of esters is 3. The SMILES string of the molecule is C=C(C)C(=O)OC.C=C(C)C(=O)OC.C=C(C)C(=O)OC.OC(CCC1CC2CCC1C2)(C(F)(F)F)C(F)(F)F.OC(CCCC1CC2CCC1C2)(C(F)(F)F)C(F)(F)F.OC(CCCCCCC1CC2CCC1C2)(C(F)(F)F)C(F)(F)F. The van der Waals surface area contributed by atoms with E-state index in [1.165, 1.54) is 47.0 Å². The molecule has 3 N–H and O–H groups in total. The fraction of sp³-hybridized carbons (Fsp3) is 0.839. The Balaban J connectivity index is 0.000000532. The van der Waals surface area contributed by atoms with E-state index in [9.17, 15) is 93.4 Å². The van der Waals surface area contributed by atoms with Crippen LogP contribution >= 0.6 is 0 Å². The number of carbonyl (C=O) groups is 3. The minimum atomic E-state index is -5.69. The van der Waals surface area contributed by atoms with E-state index in [1.54, 1.807) is 20.8 Å². The number of methoxy groups -OCH3 is 3. The number of unbranched alkanes of at least 4 members (excludes halogenated alkanes) is 3. The Hall–Kier alpha value is -3.75. The minimum Gasteiger partial charge on any atom is -0.466 e. The first-order chi connectivity index (χ1) is 37.7. The zero-order chi connectivity index (χ0) is 64.5. The highest BCUT2D eigenvalue weighted by molar-refractivity contribution is 5.87. The maximum Gasteiger partial charge on any atom is 0.426 e. The second-order valence-electron chi connectivity index (χ2n) is 23.1. The third-order valence-electron chi connectivity index (χ3n) is 16.9. The molecule has 6 aliphatic carbocycles. The van der Waals surface area contributed by atoms with E-state index in [0.29, 0.717) is 59.7 Å². The van der Waals surface area contributed by atoms with Gasteiger partial charge in [-0.1, -0.05) is 71.1 Å². The Labute approximate surface area is 473 Å². The van der Waals surface area contributed by atoms with E-state index in [4.69, 9.17) is 15.3 Å². The summed E-state index contributed by atoms with van der Waals surface area (Å²) in [5, 5.41) is 27.1. The van der Waals surface area contributed by atoms with Gasteiger partial charge in [0.15, 0.2) is 0 Å². The summed E-state index contributed by atoms with van der Waals surface area (Å²) in [6.07, 6.45) is -22.7. The zero-order valence-electron chi connectivity index (χ0n) is 47.7. The van der Waals surface area contributed by atoms with Crippen LogP contribution in [0.4, 0.5) is 79.0 Å². The van der Waals surface area contributed by atoms with Crippen molar-refractivity contribution in [2.75, 3.05) is 21.3 Å². The molecule has 6 rings (SSSR count). The Kier molecular flexibility index (Phi) is 29.6. The van der Waals surface area contributed by atoms with Crippen molar-refractivity contribution in [2.45, 2.75) is 222 Å². The maximum atomic E-state index is 12.5. The van der Waals surface area contributed by atoms with Crippen LogP contribution in [-0.4, -0.2) is 108 Å². The lowest BCUT2D eigenvalue weighted by atomic mass is 9.82. The molecule has 486 valence electrons. The van der Waals surface area contributed by atoms with Crippen LogP contribution in [0, 0.1) is 53.3 Å². The fourth-order valence-corrected chi connectivity index (χ4v) is 12.2. The van der Waals surface area contributed by atoms with E-state index >= 15 is 0 Å². The quantitative estimate of drug-likeness (QED) is 0.0427. The first-order valence-electron chi connectivity index (χ1n) is 27.5. The molecule has 9 unspecified atom stereocenters. The number of hydrogen-bond acceptors (Lipinski definition) is 9. The van der Waals surface area contributed by atoms with Crippen molar-refractivity contribution in [3.8, 4) is 0 Å². The Morgan fingerprint density at radius 2 is 0.602 bits per heavy atom. The first kappa shape index (κ1) is 77.3. The van der Waals surface area contributed by atoms with E-state index in [1.807, 2.05) is 0 Å². The molecular formula is C56H82F18O9. The van der Waals surface area contributed by atoms with Crippen molar-refractivity contribution in [3.63, 3.8) is 0 Å². The smallest absolute Gasteiger partial charge is 0.426 e. The standard InChI is InChI=1S/C16H24F6O.C13H18F6O.C12H16F6O.3C5H8O2/c17-15(18,19)14(23,16(20,21)22)8-4-2-1-3-5-12-9-11-6-7-13(12)10-11;14-12(15,16)11(20,13(17,18)19)5-1-2-9-6-8-3-4-10(9)7-8;13-11(14,15)10(19,12(16,17)18)4-3-9-6-7-1-2-8(9)5-7;3*1-4(2)5(6)7-3/h11-13,23H,1-10H2;8-10,20H,1-7H2;7-9,19H,1-6H2;3*1H2,2-3H3. The van der Waals surface area contributed by atoms with Crippen molar-refractivity contribution in [2.24, 2.45) is 53.3 Å². The van der Waals surface area contributed by atoms with Gasteiger partial charge in [-0.3, -0.25) is 0 Å². The molecule has 9 nitrogen and oxygen atoms in total. The first-order valence-corrected chi connectivity index (χ1v) is 27.5. The lowest BCUT2D eigenvalue weighted by Crippen LogP contribution is -2.57. The molecular weight excluding hydrogens is 1160 g/mol. The Morgan fingerprint density at radius 1 is 0.361 bits per heavy atom. The van der Waals surface area contributed by atoms with Gasteiger partial charge in [0.1, 0.15) is 0 Å². The molecule has 0 aromatic heterocycles. The molecule has 9 atom stereocenters. The summed E-state index contributed by atoms with van der Waals surface area (Å²) < 4.78 is 238. The molecule has 0 radical (unpaired) electrons. The molecule has 27 heteroatoms. The number of fused-ring (bicyclic) bond motifs is 6. The largest absolute Gasteiger partial charge is 0.466 e. The van der Waals surface area contributed by atoms with Crippen LogP contribution in [0.15, 0.2) is 36.5 Å². The van der Waals surface area contributed by atoms with Crippen LogP contribution in [0.5, 0.6) is 0 Å². The highest BCUT2D eigenvalue weighted by atomic mass is 19.4. The second-order valence-corrected chi connectivity index (χ2v) is 23.1. The molecule has 83 heavy (non-hydrogen) atoms. The van der Waals surface area contributed by atoms with E-state index in [-0.39, 0.29) is 61.3 Å². The van der Waals surface area contributed by atoms with Gasteiger partial charge >= 0.3 is 55.0 Å². The normalized spacial score (nSPS) is 24.7. The number of hydrogen-bond donors (Lipinski definition) is 3. The molecule has 0 spiro atoms. The van der Waals surface area contributed by atoms with Crippen LogP contribution < -0.4 is 0 Å². The predicted molar refractivity (Wildman–Crippen MR) is 269 cm³/mol. The summed E-state index contributed by atoms with van der Waals surface area (Å²) in [6.45, 7) is 14.9. The van der Waals surface area contributed by atoms with Gasteiger partial charge in [-0.05, 0) is 170 Å². The van der Waals surface area contributed by atoms with Gasteiger partial charge in [-0.2, -0.15) is 79.0 Å². The third kappa shape index (κ3) is 22.5. The molecule has 6 aliphatic rings. The van der Waals surface area contributed by atoms with Gasteiger partial charge in [-0.25, -0.2) is 14.4 Å². The van der Waals surface area contributed by atoms with Gasteiger partial charge in [0.2, 0.25) is 0 Å². The van der Waals surface area contributed by atoms with Crippen LogP contribution in [0.25, 0.3) is 0 Å². The number of aliphatic hydroxyl groups is 3. The van der Waals surface area contributed by atoms with Crippen molar-refractivity contribution in [3.05, 3.63) is 36.5 Å². The summed E-state index contributed by atoms with van der Waals surface area (Å²) in [4.78, 5) is 30.6. The molecule has 0 aromatic carbocycles. The molecule has 0 heterocycles. The number of rotatable bonds is 17. The summed E-state index contributed by atoms with van der Waals surface area (Å²) in [6, 6.07) is 0. The minimum absolute atomic E-state index is 0.102. The molecule has 0 saturated heterocycles. The number of halogens is 18. The average Bonchev–Trinajstić information content (AvgIpc) is 4.37. The average molecular weight is 1240 g/mol. The maximum absolute atomic E-state index is 12.5. The molecule has 0 aliphatic heterocycles. The van der Waals surface area contributed by atoms with E-state index in [0.717, 1.165) is 69.6 Å². The molecule has 6 saturated carbocycles. The van der Waals surface area contributed by atoms with Crippen LogP contribution in [0.1, 0.15) is 168 Å². The fourth-order valence-electron chi connectivity index (χ4n) is 12.2. The van der Waals surface area contributed by atoms with Crippen molar-refractivity contribution >= 4 is 17.9 Å². The highest BCUT2D eigenvalue weighted by Crippen LogP contribution is 2.55. The van der Waals surface area contributed by atoms with Gasteiger partial charge < -0.3 is 29.5 Å². The van der Waals surface area contributed by atoms with Gasteiger partial charge in [0, 0.05) is 16.7 Å². The topological polar surface area (TPSA) is 140 Å². The molecule has 6 fully saturated rings. The molecule has 0 amide bonds. The van der Waals surface area contributed by atoms with Crippen LogP contribution in [0.3, 0.4) is 0 Å². The Bertz CT molecular complexity index is 1960. The summed E-state index contributed by atoms with van der Waals surface area (Å²) in [5.41, 5.74) is -12.4. The van der Waals surface area contributed by atoms with E-state index < -0.39 is 73.1 Å². The lowest BCUT2D eigenvalue weighted by molar-refractivity contribution is -0.371. The van der Waals surface area contributed by atoms with Gasteiger partial charge in [0.05, 0.1) is 21.3 Å². The third-order valence-corrected chi connectivity index (χ3v) is 16.9. The summed E-state index contributed by atoms with van der Waals surface area (Å²) in [7, 11) is 3.99. The number of ether oxygens (including phenoxy) is 3. The predicted octanol–water partition coefficient (Wildman–Crippen LogP) is 16.3. The van der Waals surface area contributed by atoms with Crippen molar-refractivity contribution in [1.29, 1.82) is 0 Å². The molecule has 0 aromatic rings. The zero-order valence-corrected chi connectivity index (χ0v) is 47.7. The van der Waals surface area contributed by atoms with Crippen LogP contribution in [0.2, 0.25) is 0 Å². The number of carbonyl (C=O) groups excluding carboxylic acids is 3. The van der Waals surface area contributed by atoms with Gasteiger partial charge in [-0.15, -0.1) is 0 Å². The lowest BCUT2D eigenvalue weighted by Gasteiger charge is -2.34. The van der Waals surface area contributed by atoms with Gasteiger partial charge in [0.25, 0.3) is 16.8 Å². The van der Waals surface area contributed by atoms with E-state index in [2.05, 4.69) is 33.9 Å². The molecule has 6 bridgehead atoms.